The van der Waals surface area contributed by atoms with Gasteiger partial charge in [-0.2, -0.15) is 8.42 Å². The monoisotopic (exact) mass is 456 g/mol. The van der Waals surface area contributed by atoms with E-state index in [4.69, 9.17) is 0 Å². The van der Waals surface area contributed by atoms with Gasteiger partial charge in [-0.25, -0.2) is 4.98 Å². The van der Waals surface area contributed by atoms with Crippen LogP contribution in [0.5, 0.6) is 0 Å². The zero-order valence-electron chi connectivity index (χ0n) is 12.2. The molecule has 24 heavy (non-hydrogen) atoms. The van der Waals surface area contributed by atoms with Crippen LogP contribution in [0.4, 0.5) is 0 Å². The molecule has 0 aliphatic carbocycles. The first kappa shape index (κ1) is 17.5. The second-order valence-electron chi connectivity index (χ2n) is 5.31. The fraction of sp³-hybridized carbons (Fsp3) is 0.200. The summed E-state index contributed by atoms with van der Waals surface area (Å²) in [5, 5.41) is -0.975. The molecule has 0 spiro atoms. The van der Waals surface area contributed by atoms with Gasteiger partial charge in [0.15, 0.2) is 5.82 Å². The van der Waals surface area contributed by atoms with E-state index in [1.807, 2.05) is 28.8 Å². The fourth-order valence-electron chi connectivity index (χ4n) is 3.06. The van der Waals surface area contributed by atoms with Crippen LogP contribution in [0.1, 0.15) is 17.2 Å². The van der Waals surface area contributed by atoms with Crippen molar-refractivity contribution in [2.24, 2.45) is 0 Å². The molecule has 1 atom stereocenters. The van der Waals surface area contributed by atoms with Crippen LogP contribution in [0.15, 0.2) is 42.6 Å². The Bertz CT molecular complexity index is 991. The number of halogens is 1. The number of nitrogens with zero attached hydrogens (tertiary/aromatic N) is 3. The van der Waals surface area contributed by atoms with E-state index in [0.29, 0.717) is 23.6 Å². The summed E-state index contributed by atoms with van der Waals surface area (Å²) < 4.78 is 35.0. The van der Waals surface area contributed by atoms with Gasteiger partial charge >= 0.3 is 27.7 Å². The Kier molecular flexibility index (Phi) is 5.04. The van der Waals surface area contributed by atoms with Crippen molar-refractivity contribution in [2.45, 2.75) is 18.2 Å². The van der Waals surface area contributed by atoms with Crippen molar-refractivity contribution in [3.63, 3.8) is 0 Å². The average Bonchev–Trinajstić information content (AvgIpc) is 2.86. The Hall–Kier alpha value is -1.30. The Morgan fingerprint density at radius 3 is 2.75 bits per heavy atom. The van der Waals surface area contributed by atoms with E-state index < -0.39 is 15.4 Å². The molecular formula is C15H13ClN3O3PdS+. The van der Waals surface area contributed by atoms with Gasteiger partial charge in [0.1, 0.15) is 10.9 Å². The summed E-state index contributed by atoms with van der Waals surface area (Å²) in [5.74, 6) is 0.642. The molecule has 1 aromatic carbocycles. The molecule has 128 valence electrons. The van der Waals surface area contributed by atoms with Crippen LogP contribution < -0.4 is 9.55 Å². The third-order valence-corrected chi connectivity index (χ3v) is 5.24. The van der Waals surface area contributed by atoms with E-state index >= 15 is 0 Å². The number of benzene rings is 1. The fourth-order valence-corrected chi connectivity index (χ4v) is 3.97. The van der Waals surface area contributed by atoms with Crippen molar-refractivity contribution in [1.29, 1.82) is 0 Å². The van der Waals surface area contributed by atoms with Crippen LogP contribution >= 0.6 is 9.53 Å². The molecule has 0 saturated carbocycles. The minimum absolute atomic E-state index is 0.283. The zero-order valence-corrected chi connectivity index (χ0v) is 15.4. The number of aryl methyl sites for hydroxylation is 1. The third-order valence-electron chi connectivity index (χ3n) is 4.03. The van der Waals surface area contributed by atoms with Crippen LogP contribution in [0.2, 0.25) is 0 Å². The summed E-state index contributed by atoms with van der Waals surface area (Å²) >= 11 is 2.22. The Morgan fingerprint density at radius 2 is 2.00 bits per heavy atom. The predicted molar refractivity (Wildman–Crippen MR) is 85.5 cm³/mol. The second kappa shape index (κ2) is 6.90. The molecule has 9 heteroatoms. The molecule has 0 radical (unpaired) electrons. The number of para-hydroxylation sites is 2. The van der Waals surface area contributed by atoms with Crippen molar-refractivity contribution >= 4 is 30.7 Å². The number of imidazole rings is 1. The zero-order chi connectivity index (χ0) is 17.3. The minimum atomic E-state index is -4.19. The molecule has 1 aliphatic rings. The van der Waals surface area contributed by atoms with E-state index in [1.165, 1.54) is 0 Å². The van der Waals surface area contributed by atoms with Crippen LogP contribution in [-0.2, 0) is 34.8 Å². The van der Waals surface area contributed by atoms with Gasteiger partial charge in [0, 0.05) is 18.3 Å². The topological polar surface area (TPSA) is 85.2 Å². The first-order valence-electron chi connectivity index (χ1n) is 7.04. The molecular weight excluding hydrogens is 444 g/mol. The molecule has 0 fully saturated rings. The number of hydrogen-bond acceptors (Lipinski definition) is 3. The standard InChI is InChI=1S/C15H13N3O3S.ClH.Pd/c19-22(20,21)13-7-9-18-12-6-2-1-5-11(12)17-15(18)14-10(13)4-3-8-16-14;;/h1-6,8,13H,7,9H2,(H,19,20,21);1H;/q;;+2/p-1/t13-;;/m1../s1. The van der Waals surface area contributed by atoms with Gasteiger partial charge in [0.05, 0.1) is 11.0 Å². The van der Waals surface area contributed by atoms with Crippen molar-refractivity contribution in [3.8, 4) is 11.5 Å². The Morgan fingerprint density at radius 1 is 1.25 bits per heavy atom. The maximum atomic E-state index is 11.7. The predicted octanol–water partition coefficient (Wildman–Crippen LogP) is 2.17. The van der Waals surface area contributed by atoms with E-state index in [-0.39, 0.29) is 6.42 Å². The first-order chi connectivity index (χ1) is 11.6. The molecule has 6 nitrogen and oxygen atoms in total. The van der Waals surface area contributed by atoms with Gasteiger partial charge in [0.25, 0.3) is 10.1 Å². The summed E-state index contributed by atoms with van der Waals surface area (Å²) in [6.45, 7) is 0.455. The normalized spacial score (nSPS) is 16.6. The Balaban J connectivity index is 0.000000815. The second-order valence-corrected chi connectivity index (χ2v) is 6.91. The SMILES string of the molecule is O=S(=O)(O)[C@@H]1CC[n+]2c([n-]c3ccccc32)-c2ncccc21.[Cl][Pd+]. The number of hydrogen-bond donors (Lipinski definition) is 1. The molecule has 0 unspecified atom stereocenters. The number of fused-ring (bicyclic) bond motifs is 5. The molecule has 3 heterocycles. The van der Waals surface area contributed by atoms with Gasteiger partial charge in [-0.1, -0.05) is 18.2 Å². The molecule has 1 N–H and O–H groups in total. The van der Waals surface area contributed by atoms with Crippen molar-refractivity contribution in [2.75, 3.05) is 0 Å². The molecule has 4 rings (SSSR count). The van der Waals surface area contributed by atoms with Crippen molar-refractivity contribution in [1.82, 2.24) is 9.97 Å². The number of rotatable bonds is 1. The van der Waals surface area contributed by atoms with Crippen LogP contribution in [0.25, 0.3) is 22.6 Å². The molecule has 1 aliphatic heterocycles. The van der Waals surface area contributed by atoms with Crippen molar-refractivity contribution < 1.29 is 35.7 Å². The summed E-state index contributed by atoms with van der Waals surface area (Å²) in [5.41, 5.74) is 2.79. The van der Waals surface area contributed by atoms with Gasteiger partial charge in [-0.15, -0.1) is 0 Å². The quantitative estimate of drug-likeness (QED) is 0.344. The van der Waals surface area contributed by atoms with Crippen molar-refractivity contribution in [3.05, 3.63) is 48.2 Å². The van der Waals surface area contributed by atoms with E-state index in [2.05, 4.69) is 37.7 Å². The van der Waals surface area contributed by atoms with Gasteiger partial charge in [-0.3, -0.25) is 9.54 Å². The molecule has 2 aromatic heterocycles. The number of pyridine rings is 1. The molecule has 0 amide bonds. The molecule has 0 saturated heterocycles. The van der Waals surface area contributed by atoms with Gasteiger partial charge < -0.3 is 4.57 Å². The Labute approximate surface area is 154 Å². The molecule has 0 bridgehead atoms. The van der Waals surface area contributed by atoms with Gasteiger partial charge in [-0.05, 0) is 24.6 Å². The van der Waals surface area contributed by atoms with Crippen LogP contribution in [0, 0.1) is 0 Å². The summed E-state index contributed by atoms with van der Waals surface area (Å²) in [7, 11) is 0.296. The average molecular weight is 457 g/mol. The van der Waals surface area contributed by atoms with E-state index in [9.17, 15) is 13.0 Å². The third kappa shape index (κ3) is 3.01. The molecule has 3 aromatic rings. The van der Waals surface area contributed by atoms with Gasteiger partial charge in [0.2, 0.25) is 0 Å². The maximum absolute atomic E-state index is 11.7. The van der Waals surface area contributed by atoms with E-state index in [1.54, 1.807) is 18.3 Å². The summed E-state index contributed by atoms with van der Waals surface area (Å²) in [6, 6.07) is 11.1. The van der Waals surface area contributed by atoms with Crippen LogP contribution in [0.3, 0.4) is 0 Å². The first-order valence-corrected chi connectivity index (χ1v) is 10.5. The number of aromatic nitrogens is 3. The summed E-state index contributed by atoms with van der Waals surface area (Å²) in [4.78, 5) is 8.92. The van der Waals surface area contributed by atoms with E-state index in [0.717, 1.165) is 11.0 Å². The van der Waals surface area contributed by atoms with Crippen LogP contribution in [-0.4, -0.2) is 18.0 Å². The summed E-state index contributed by atoms with van der Waals surface area (Å²) in [6.07, 6.45) is 1.89.